The summed E-state index contributed by atoms with van der Waals surface area (Å²) in [5, 5.41) is 3.37. The van der Waals surface area contributed by atoms with Gasteiger partial charge < -0.3 is 10.1 Å². The molecule has 1 heterocycles. The van der Waals surface area contributed by atoms with Crippen LogP contribution in [-0.2, 0) is 11.3 Å². The zero-order valence-corrected chi connectivity index (χ0v) is 12.9. The van der Waals surface area contributed by atoms with E-state index in [-0.39, 0.29) is 12.4 Å². The number of ether oxygens (including phenoxy) is 1. The zero-order valence-electron chi connectivity index (χ0n) is 12.1. The van der Waals surface area contributed by atoms with Gasteiger partial charge in [0.05, 0.1) is 13.2 Å². The summed E-state index contributed by atoms with van der Waals surface area (Å²) in [5.41, 5.74) is 3.77. The average molecular weight is 304 g/mol. The summed E-state index contributed by atoms with van der Waals surface area (Å²) in [6, 6.07) is 19.1. The molecule has 1 N–H and O–H groups in total. The Labute approximate surface area is 132 Å². The predicted molar refractivity (Wildman–Crippen MR) is 89.8 cm³/mol. The van der Waals surface area contributed by atoms with E-state index >= 15 is 0 Å². The van der Waals surface area contributed by atoms with E-state index in [0.29, 0.717) is 12.5 Å². The molecule has 3 rings (SSSR count). The minimum Gasteiger partial charge on any atom is -0.376 e. The number of nitrogens with one attached hydrogen (secondary N) is 1. The molecule has 1 saturated heterocycles. The molecule has 1 aliphatic heterocycles. The fourth-order valence-corrected chi connectivity index (χ4v) is 2.62. The first-order valence-corrected chi connectivity index (χ1v) is 7.34. The molecule has 112 valence electrons. The first-order valence-electron chi connectivity index (χ1n) is 7.34. The van der Waals surface area contributed by atoms with Crippen molar-refractivity contribution in [2.45, 2.75) is 13.0 Å². The maximum absolute atomic E-state index is 5.81. The highest BCUT2D eigenvalue weighted by Gasteiger charge is 2.13. The largest absolute Gasteiger partial charge is 0.376 e. The number of hydrogen-bond donors (Lipinski definition) is 1. The third-order valence-corrected chi connectivity index (χ3v) is 3.85. The zero-order chi connectivity index (χ0) is 13.6. The summed E-state index contributed by atoms with van der Waals surface area (Å²) >= 11 is 0. The Hall–Kier alpha value is -1.35. The van der Waals surface area contributed by atoms with Gasteiger partial charge in [-0.25, -0.2) is 0 Å². The molecular formula is C18H22ClNO. The molecule has 0 spiro atoms. The van der Waals surface area contributed by atoms with Crippen molar-refractivity contribution in [3.05, 3.63) is 60.2 Å². The van der Waals surface area contributed by atoms with Crippen molar-refractivity contribution in [2.24, 2.45) is 5.92 Å². The van der Waals surface area contributed by atoms with Gasteiger partial charge in [-0.3, -0.25) is 0 Å². The second-order valence-corrected chi connectivity index (χ2v) is 5.44. The van der Waals surface area contributed by atoms with E-state index in [4.69, 9.17) is 4.74 Å². The molecule has 0 bridgehead atoms. The molecular weight excluding hydrogens is 282 g/mol. The van der Waals surface area contributed by atoms with Gasteiger partial charge in [0.25, 0.3) is 0 Å². The van der Waals surface area contributed by atoms with Crippen LogP contribution in [0.15, 0.2) is 54.6 Å². The molecule has 0 amide bonds. The fraction of sp³-hybridized carbons (Fsp3) is 0.333. The Morgan fingerprint density at radius 3 is 2.33 bits per heavy atom. The van der Waals surface area contributed by atoms with Crippen molar-refractivity contribution < 1.29 is 4.74 Å². The van der Waals surface area contributed by atoms with Gasteiger partial charge in [-0.2, -0.15) is 0 Å². The van der Waals surface area contributed by atoms with E-state index in [1.165, 1.54) is 23.1 Å². The summed E-state index contributed by atoms with van der Waals surface area (Å²) in [6.45, 7) is 3.83. The van der Waals surface area contributed by atoms with Crippen LogP contribution in [0.25, 0.3) is 11.1 Å². The first kappa shape index (κ1) is 16.0. The third kappa shape index (κ3) is 4.57. The summed E-state index contributed by atoms with van der Waals surface area (Å²) in [6.07, 6.45) is 1.24. The second-order valence-electron chi connectivity index (χ2n) is 5.44. The van der Waals surface area contributed by atoms with E-state index < -0.39 is 0 Å². The molecule has 1 atom stereocenters. The maximum Gasteiger partial charge on any atom is 0.0717 e. The molecule has 0 aromatic heterocycles. The molecule has 3 heteroatoms. The van der Waals surface area contributed by atoms with Gasteiger partial charge in [0, 0.05) is 6.54 Å². The normalized spacial score (nSPS) is 17.4. The lowest BCUT2D eigenvalue weighted by atomic mass is 10.0. The van der Waals surface area contributed by atoms with Crippen molar-refractivity contribution in [3.8, 4) is 11.1 Å². The summed E-state index contributed by atoms with van der Waals surface area (Å²) in [5.74, 6) is 0.693. The molecule has 2 aromatic carbocycles. The van der Waals surface area contributed by atoms with E-state index in [2.05, 4.69) is 53.8 Å². The minimum atomic E-state index is 0. The molecule has 0 radical (unpaired) electrons. The van der Waals surface area contributed by atoms with Crippen molar-refractivity contribution in [3.63, 3.8) is 0 Å². The summed E-state index contributed by atoms with van der Waals surface area (Å²) < 4.78 is 5.81. The highest BCUT2D eigenvalue weighted by Crippen LogP contribution is 2.19. The van der Waals surface area contributed by atoms with Crippen molar-refractivity contribution in [1.82, 2.24) is 5.32 Å². The van der Waals surface area contributed by atoms with Crippen molar-refractivity contribution >= 4 is 12.4 Å². The van der Waals surface area contributed by atoms with Gasteiger partial charge in [-0.15, -0.1) is 12.4 Å². The molecule has 21 heavy (non-hydrogen) atoms. The lowest BCUT2D eigenvalue weighted by Gasteiger charge is -2.10. The van der Waals surface area contributed by atoms with Crippen molar-refractivity contribution in [2.75, 3.05) is 19.7 Å². The van der Waals surface area contributed by atoms with Crippen LogP contribution in [0.1, 0.15) is 12.0 Å². The number of halogens is 1. The standard InChI is InChI=1S/C18H21NO.ClH/c1-2-4-17(5-3-1)18-8-6-15(7-9-18)13-20-14-16-10-11-19-12-16;/h1-9,16,19H,10-14H2;1H. The van der Waals surface area contributed by atoms with Crippen LogP contribution in [0.5, 0.6) is 0 Å². The minimum absolute atomic E-state index is 0. The average Bonchev–Trinajstić information content (AvgIpc) is 3.02. The summed E-state index contributed by atoms with van der Waals surface area (Å²) in [7, 11) is 0. The summed E-state index contributed by atoms with van der Waals surface area (Å²) in [4.78, 5) is 0. The van der Waals surface area contributed by atoms with Gasteiger partial charge in [0.15, 0.2) is 0 Å². The quantitative estimate of drug-likeness (QED) is 0.904. The number of rotatable bonds is 5. The molecule has 1 unspecified atom stereocenters. The van der Waals surface area contributed by atoms with Crippen LogP contribution < -0.4 is 5.32 Å². The second kappa shape index (κ2) is 8.18. The smallest absolute Gasteiger partial charge is 0.0717 e. The topological polar surface area (TPSA) is 21.3 Å². The lowest BCUT2D eigenvalue weighted by Crippen LogP contribution is -2.13. The first-order chi connectivity index (χ1) is 9.92. The van der Waals surface area contributed by atoms with Crippen LogP contribution in [0.2, 0.25) is 0 Å². The maximum atomic E-state index is 5.81. The highest BCUT2D eigenvalue weighted by molar-refractivity contribution is 5.85. The molecule has 2 nitrogen and oxygen atoms in total. The lowest BCUT2D eigenvalue weighted by molar-refractivity contribution is 0.0925. The Morgan fingerprint density at radius 1 is 0.952 bits per heavy atom. The predicted octanol–water partition coefficient (Wildman–Crippen LogP) is 3.90. The Morgan fingerprint density at radius 2 is 1.67 bits per heavy atom. The molecule has 1 fully saturated rings. The number of benzene rings is 2. The van der Waals surface area contributed by atoms with E-state index in [1.807, 2.05) is 6.07 Å². The molecule has 0 aliphatic carbocycles. The van der Waals surface area contributed by atoms with Gasteiger partial charge in [0.1, 0.15) is 0 Å². The van der Waals surface area contributed by atoms with Crippen LogP contribution >= 0.6 is 12.4 Å². The van der Waals surface area contributed by atoms with Gasteiger partial charge in [0.2, 0.25) is 0 Å². The molecule has 0 saturated carbocycles. The van der Waals surface area contributed by atoms with Crippen molar-refractivity contribution in [1.29, 1.82) is 0 Å². The molecule has 2 aromatic rings. The van der Waals surface area contributed by atoms with Gasteiger partial charge >= 0.3 is 0 Å². The van der Waals surface area contributed by atoms with E-state index in [1.54, 1.807) is 0 Å². The fourth-order valence-electron chi connectivity index (χ4n) is 2.62. The van der Waals surface area contributed by atoms with Gasteiger partial charge in [-0.05, 0) is 35.6 Å². The van der Waals surface area contributed by atoms with Crippen LogP contribution in [0, 0.1) is 5.92 Å². The molecule has 1 aliphatic rings. The third-order valence-electron chi connectivity index (χ3n) is 3.85. The Bertz CT molecular complexity index is 521. The highest BCUT2D eigenvalue weighted by atomic mass is 35.5. The number of hydrogen-bond acceptors (Lipinski definition) is 2. The Balaban J connectivity index is 0.00000161. The van der Waals surface area contributed by atoms with Gasteiger partial charge in [-0.1, -0.05) is 54.6 Å². The van der Waals surface area contributed by atoms with Crippen LogP contribution in [-0.4, -0.2) is 19.7 Å². The SMILES string of the molecule is Cl.c1ccc(-c2ccc(COCC3CCNC3)cc2)cc1. The van der Waals surface area contributed by atoms with E-state index in [9.17, 15) is 0 Å². The monoisotopic (exact) mass is 303 g/mol. The van der Waals surface area contributed by atoms with Crippen LogP contribution in [0.4, 0.5) is 0 Å². The van der Waals surface area contributed by atoms with E-state index in [0.717, 1.165) is 19.7 Å². The Kier molecular flexibility index (Phi) is 6.24. The van der Waals surface area contributed by atoms with Crippen LogP contribution in [0.3, 0.4) is 0 Å².